The second-order valence-corrected chi connectivity index (χ2v) is 7.00. The number of halogens is 2. The average Bonchev–Trinajstić information content (AvgIpc) is 2.97. The summed E-state index contributed by atoms with van der Waals surface area (Å²) in [6.07, 6.45) is 1.59. The van der Waals surface area contributed by atoms with Crippen LogP contribution in [0.2, 0.25) is 0 Å². The van der Waals surface area contributed by atoms with Gasteiger partial charge < -0.3 is 4.74 Å². The Labute approximate surface area is 172 Å². The predicted molar refractivity (Wildman–Crippen MR) is 111 cm³/mol. The molecule has 1 aliphatic heterocycles. The molecule has 4 rings (SSSR count). The van der Waals surface area contributed by atoms with E-state index in [4.69, 9.17) is 10.1 Å². The minimum atomic E-state index is -0.824. The Morgan fingerprint density at radius 3 is 2.23 bits per heavy atom. The molecule has 1 aliphatic rings. The SMILES string of the molecule is C/C(=C\c1cc(F)c(Oc2ccccc2)c(F)c1)CN1C(=N)c2ccccc2C1=O. The third-order valence-electron chi connectivity index (χ3n) is 4.73. The molecule has 6 heteroatoms. The van der Waals surface area contributed by atoms with Gasteiger partial charge >= 0.3 is 0 Å². The molecule has 4 nitrogen and oxygen atoms in total. The van der Waals surface area contributed by atoms with Crippen molar-refractivity contribution in [2.75, 3.05) is 6.54 Å². The van der Waals surface area contributed by atoms with Crippen LogP contribution in [0.25, 0.3) is 6.08 Å². The van der Waals surface area contributed by atoms with Crippen molar-refractivity contribution < 1.29 is 18.3 Å². The monoisotopic (exact) mass is 404 g/mol. The zero-order valence-corrected chi connectivity index (χ0v) is 16.2. The second kappa shape index (κ2) is 7.91. The number of fused-ring (bicyclic) bond motifs is 1. The lowest BCUT2D eigenvalue weighted by atomic mass is 10.1. The summed E-state index contributed by atoms with van der Waals surface area (Å²) in [5, 5.41) is 8.24. The first-order valence-electron chi connectivity index (χ1n) is 9.33. The van der Waals surface area contributed by atoms with Crippen molar-refractivity contribution in [3.63, 3.8) is 0 Å². The fourth-order valence-corrected chi connectivity index (χ4v) is 3.37. The Morgan fingerprint density at radius 1 is 1.00 bits per heavy atom. The summed E-state index contributed by atoms with van der Waals surface area (Å²) in [7, 11) is 0. The van der Waals surface area contributed by atoms with Gasteiger partial charge in [-0.05, 0) is 42.8 Å². The molecule has 1 N–H and O–H groups in total. The van der Waals surface area contributed by atoms with Gasteiger partial charge in [-0.25, -0.2) is 8.78 Å². The first kappa shape index (κ1) is 19.5. The summed E-state index contributed by atoms with van der Waals surface area (Å²) in [5.41, 5.74) is 2.04. The fraction of sp³-hybridized carbons (Fsp3) is 0.0833. The fourth-order valence-electron chi connectivity index (χ4n) is 3.37. The molecule has 0 saturated carbocycles. The highest BCUT2D eigenvalue weighted by Gasteiger charge is 2.32. The first-order valence-corrected chi connectivity index (χ1v) is 9.33. The molecule has 0 unspecified atom stereocenters. The molecule has 150 valence electrons. The van der Waals surface area contributed by atoms with Crippen molar-refractivity contribution in [1.29, 1.82) is 5.41 Å². The summed E-state index contributed by atoms with van der Waals surface area (Å²) < 4.78 is 34.2. The van der Waals surface area contributed by atoms with Crippen LogP contribution in [0.4, 0.5) is 8.78 Å². The van der Waals surface area contributed by atoms with Crippen LogP contribution < -0.4 is 4.74 Å². The van der Waals surface area contributed by atoms with Crippen molar-refractivity contribution in [1.82, 2.24) is 4.90 Å². The molecule has 3 aromatic rings. The average molecular weight is 404 g/mol. The molecule has 0 fully saturated rings. The van der Waals surface area contributed by atoms with Crippen LogP contribution in [-0.4, -0.2) is 23.2 Å². The lowest BCUT2D eigenvalue weighted by Crippen LogP contribution is -2.31. The Bertz CT molecular complexity index is 1110. The maximum Gasteiger partial charge on any atom is 0.260 e. The molecular formula is C24H18F2N2O2. The Hall–Kier alpha value is -3.80. The van der Waals surface area contributed by atoms with E-state index in [1.54, 1.807) is 67.6 Å². The molecule has 1 heterocycles. The van der Waals surface area contributed by atoms with E-state index in [1.165, 1.54) is 17.0 Å². The maximum atomic E-state index is 14.5. The van der Waals surface area contributed by atoms with E-state index in [-0.39, 0.29) is 18.3 Å². The number of benzene rings is 3. The molecule has 0 aromatic heterocycles. The van der Waals surface area contributed by atoms with Crippen molar-refractivity contribution in [2.45, 2.75) is 6.92 Å². The summed E-state index contributed by atoms with van der Waals surface area (Å²) in [4.78, 5) is 13.9. The van der Waals surface area contributed by atoms with Gasteiger partial charge in [-0.3, -0.25) is 15.1 Å². The van der Waals surface area contributed by atoms with Crippen molar-refractivity contribution >= 4 is 17.8 Å². The minimum absolute atomic E-state index is 0.118. The molecule has 30 heavy (non-hydrogen) atoms. The van der Waals surface area contributed by atoms with E-state index in [2.05, 4.69) is 0 Å². The number of ether oxygens (including phenoxy) is 1. The highest BCUT2D eigenvalue weighted by molar-refractivity contribution is 6.22. The second-order valence-electron chi connectivity index (χ2n) is 7.00. The van der Waals surface area contributed by atoms with Crippen LogP contribution in [0.3, 0.4) is 0 Å². The number of hydrogen-bond acceptors (Lipinski definition) is 3. The van der Waals surface area contributed by atoms with Gasteiger partial charge in [0.1, 0.15) is 11.6 Å². The highest BCUT2D eigenvalue weighted by Crippen LogP contribution is 2.29. The number of amides is 1. The molecule has 0 radical (unpaired) electrons. The van der Waals surface area contributed by atoms with Crippen molar-refractivity contribution in [3.8, 4) is 11.5 Å². The van der Waals surface area contributed by atoms with E-state index >= 15 is 0 Å². The van der Waals surface area contributed by atoms with E-state index in [0.29, 0.717) is 28.0 Å². The van der Waals surface area contributed by atoms with Gasteiger partial charge in [0, 0.05) is 12.1 Å². The highest BCUT2D eigenvalue weighted by atomic mass is 19.1. The molecule has 3 aromatic carbocycles. The van der Waals surface area contributed by atoms with Crippen LogP contribution in [-0.2, 0) is 0 Å². The van der Waals surface area contributed by atoms with E-state index in [0.717, 1.165) is 0 Å². The van der Waals surface area contributed by atoms with Gasteiger partial charge in [-0.15, -0.1) is 0 Å². The molecule has 0 aliphatic carbocycles. The van der Waals surface area contributed by atoms with Crippen LogP contribution in [0, 0.1) is 17.0 Å². The summed E-state index contributed by atoms with van der Waals surface area (Å²) in [6.45, 7) is 1.89. The van der Waals surface area contributed by atoms with Crippen LogP contribution in [0.1, 0.15) is 28.4 Å². The normalized spacial score (nSPS) is 13.6. The Morgan fingerprint density at radius 2 is 1.60 bits per heavy atom. The summed E-state index contributed by atoms with van der Waals surface area (Å²) in [6, 6.07) is 17.7. The largest absolute Gasteiger partial charge is 0.451 e. The Balaban J connectivity index is 1.54. The van der Waals surface area contributed by atoms with Gasteiger partial charge in [0.15, 0.2) is 17.4 Å². The molecule has 0 spiro atoms. The molecule has 0 atom stereocenters. The van der Waals surface area contributed by atoms with Crippen LogP contribution in [0.5, 0.6) is 11.5 Å². The van der Waals surface area contributed by atoms with Crippen molar-refractivity contribution in [2.24, 2.45) is 0 Å². The summed E-state index contributed by atoms with van der Waals surface area (Å²) in [5.74, 6) is -1.92. The van der Waals surface area contributed by atoms with Crippen molar-refractivity contribution in [3.05, 3.63) is 101 Å². The van der Waals surface area contributed by atoms with Gasteiger partial charge in [-0.2, -0.15) is 0 Å². The third kappa shape index (κ3) is 3.72. The van der Waals surface area contributed by atoms with Gasteiger partial charge in [0.25, 0.3) is 5.91 Å². The molecule has 1 amide bonds. The minimum Gasteiger partial charge on any atom is -0.451 e. The number of para-hydroxylation sites is 1. The lowest BCUT2D eigenvalue weighted by Gasteiger charge is -2.16. The topological polar surface area (TPSA) is 53.4 Å². The zero-order valence-electron chi connectivity index (χ0n) is 16.2. The number of nitrogens with zero attached hydrogens (tertiary/aromatic N) is 1. The standard InChI is InChI=1S/C24H18F2N2O2/c1-15(14-28-23(27)18-9-5-6-10-19(18)24(28)29)11-16-12-20(25)22(21(26)13-16)30-17-7-3-2-4-8-17/h2-13,27H,14H2,1H3/b15-11+,27-23?. The number of rotatable bonds is 5. The zero-order chi connectivity index (χ0) is 21.3. The van der Waals surface area contributed by atoms with E-state index in [9.17, 15) is 13.6 Å². The smallest absolute Gasteiger partial charge is 0.260 e. The van der Waals surface area contributed by atoms with Gasteiger partial charge in [0.05, 0.1) is 5.56 Å². The predicted octanol–water partition coefficient (Wildman–Crippen LogP) is 5.64. The number of amidine groups is 1. The van der Waals surface area contributed by atoms with E-state index < -0.39 is 17.4 Å². The van der Waals surface area contributed by atoms with Gasteiger partial charge in [0.2, 0.25) is 0 Å². The lowest BCUT2D eigenvalue weighted by molar-refractivity contribution is 0.0867. The summed E-state index contributed by atoms with van der Waals surface area (Å²) >= 11 is 0. The quantitative estimate of drug-likeness (QED) is 0.598. The first-order chi connectivity index (χ1) is 14.4. The molecular weight excluding hydrogens is 386 g/mol. The Kier molecular flexibility index (Phi) is 5.14. The maximum absolute atomic E-state index is 14.5. The number of hydrogen-bond donors (Lipinski definition) is 1. The molecule has 0 bridgehead atoms. The third-order valence-corrected chi connectivity index (χ3v) is 4.73. The molecule has 0 saturated heterocycles. The number of nitrogens with one attached hydrogen (secondary N) is 1. The van der Waals surface area contributed by atoms with Gasteiger partial charge in [-0.1, -0.05) is 48.0 Å². The van der Waals surface area contributed by atoms with Crippen LogP contribution in [0.15, 0.2) is 72.3 Å². The number of carbonyl (C=O) groups is 1. The van der Waals surface area contributed by atoms with E-state index in [1.807, 2.05) is 0 Å². The van der Waals surface area contributed by atoms with Crippen LogP contribution >= 0.6 is 0 Å². The number of carbonyl (C=O) groups excluding carboxylic acids is 1.